The molecule has 192 valence electrons. The standard InChI is InChI=1S/C29H59NO2/c1-6-10-14-18-22-26-28(24-20-16-12-8-3)32-29(25-21-17-13-9-4)27(30(26,5)31)23-19-15-11-7-2/h26-29H,6-25H2,1-5H3. The molecule has 1 aliphatic rings. The molecule has 0 spiro atoms. The first-order chi connectivity index (χ1) is 15.5. The van der Waals surface area contributed by atoms with Crippen LogP contribution in [0.2, 0.25) is 0 Å². The molecule has 1 aliphatic heterocycles. The maximum Gasteiger partial charge on any atom is 0.115 e. The van der Waals surface area contributed by atoms with Crippen molar-refractivity contribution in [2.24, 2.45) is 0 Å². The minimum absolute atomic E-state index is 0.0326. The number of hydrogen-bond donors (Lipinski definition) is 0. The lowest BCUT2D eigenvalue weighted by Gasteiger charge is -2.59. The molecule has 0 bridgehead atoms. The van der Waals surface area contributed by atoms with Crippen LogP contribution in [0.1, 0.15) is 156 Å². The molecule has 0 radical (unpaired) electrons. The van der Waals surface area contributed by atoms with Gasteiger partial charge in [-0.25, -0.2) is 0 Å². The summed E-state index contributed by atoms with van der Waals surface area (Å²) in [5.41, 5.74) is 0. The molecule has 1 fully saturated rings. The van der Waals surface area contributed by atoms with Gasteiger partial charge in [0, 0.05) is 12.8 Å². The normalized spacial score (nSPS) is 28.3. The lowest BCUT2D eigenvalue weighted by molar-refractivity contribution is -0.929. The minimum atomic E-state index is -0.0326. The zero-order valence-corrected chi connectivity index (χ0v) is 22.7. The molecule has 32 heavy (non-hydrogen) atoms. The zero-order chi connectivity index (χ0) is 23.7. The number of morpholine rings is 1. The van der Waals surface area contributed by atoms with Crippen LogP contribution in [0, 0.1) is 5.21 Å². The molecule has 0 N–H and O–H groups in total. The Labute approximate surface area is 202 Å². The molecule has 3 heteroatoms. The number of likely N-dealkylation sites (N-methyl/N-ethyl adjacent to an activating group) is 1. The number of rotatable bonds is 20. The van der Waals surface area contributed by atoms with Gasteiger partial charge in [-0.15, -0.1) is 0 Å². The van der Waals surface area contributed by atoms with Gasteiger partial charge in [0.1, 0.15) is 24.3 Å². The van der Waals surface area contributed by atoms with Crippen LogP contribution in [0.3, 0.4) is 0 Å². The summed E-state index contributed by atoms with van der Waals surface area (Å²) >= 11 is 0. The van der Waals surface area contributed by atoms with Gasteiger partial charge in [-0.3, -0.25) is 0 Å². The van der Waals surface area contributed by atoms with Crippen LogP contribution in [0.15, 0.2) is 0 Å². The van der Waals surface area contributed by atoms with Crippen molar-refractivity contribution in [3.05, 3.63) is 5.21 Å². The molecule has 0 aromatic carbocycles. The van der Waals surface area contributed by atoms with Crippen molar-refractivity contribution >= 4 is 0 Å². The minimum Gasteiger partial charge on any atom is -0.632 e. The Bertz CT molecular complexity index is 389. The molecule has 4 unspecified atom stereocenters. The van der Waals surface area contributed by atoms with Crippen molar-refractivity contribution in [3.63, 3.8) is 0 Å². The summed E-state index contributed by atoms with van der Waals surface area (Å²) in [6.45, 7) is 9.08. The third-order valence-corrected chi connectivity index (χ3v) is 7.92. The van der Waals surface area contributed by atoms with Crippen molar-refractivity contribution in [1.29, 1.82) is 0 Å². The fourth-order valence-corrected chi connectivity index (χ4v) is 5.82. The van der Waals surface area contributed by atoms with Crippen LogP contribution < -0.4 is 0 Å². The van der Waals surface area contributed by atoms with Crippen LogP contribution in [0.25, 0.3) is 0 Å². The molecule has 0 aromatic rings. The fourth-order valence-electron chi connectivity index (χ4n) is 5.82. The summed E-state index contributed by atoms with van der Waals surface area (Å²) in [7, 11) is 2.02. The van der Waals surface area contributed by atoms with Crippen molar-refractivity contribution in [1.82, 2.24) is 0 Å². The molecule has 4 atom stereocenters. The van der Waals surface area contributed by atoms with Gasteiger partial charge >= 0.3 is 0 Å². The van der Waals surface area contributed by atoms with Crippen LogP contribution in [-0.4, -0.2) is 36.0 Å². The average Bonchev–Trinajstić information content (AvgIpc) is 2.77. The molecule has 0 saturated carbocycles. The molecule has 0 aromatic heterocycles. The van der Waals surface area contributed by atoms with Gasteiger partial charge in [-0.1, -0.05) is 118 Å². The largest absolute Gasteiger partial charge is 0.632 e. The number of hydrogen-bond acceptors (Lipinski definition) is 2. The van der Waals surface area contributed by atoms with Gasteiger partial charge in [0.15, 0.2) is 0 Å². The number of unbranched alkanes of at least 4 members (excludes halogenated alkanes) is 12. The predicted octanol–water partition coefficient (Wildman–Crippen LogP) is 9.32. The van der Waals surface area contributed by atoms with Crippen LogP contribution >= 0.6 is 0 Å². The van der Waals surface area contributed by atoms with E-state index in [4.69, 9.17) is 4.74 Å². The molecule has 1 rings (SSSR count). The lowest BCUT2D eigenvalue weighted by atomic mass is 9.87. The van der Waals surface area contributed by atoms with E-state index in [-0.39, 0.29) is 28.9 Å². The zero-order valence-electron chi connectivity index (χ0n) is 22.7. The Hall–Kier alpha value is -0.120. The Balaban J connectivity index is 2.92. The van der Waals surface area contributed by atoms with Gasteiger partial charge in [0.25, 0.3) is 0 Å². The third kappa shape index (κ3) is 10.9. The van der Waals surface area contributed by atoms with Crippen molar-refractivity contribution in [2.45, 2.75) is 180 Å². The lowest BCUT2D eigenvalue weighted by Crippen LogP contribution is -2.67. The van der Waals surface area contributed by atoms with Gasteiger partial charge < -0.3 is 14.6 Å². The smallest absolute Gasteiger partial charge is 0.115 e. The SMILES string of the molecule is CCCCCCC1OC(CCCCCC)C(CCCCCC)[N+](C)([O-])C1CCCCCC. The highest BCUT2D eigenvalue weighted by Gasteiger charge is 2.47. The van der Waals surface area contributed by atoms with E-state index in [0.717, 1.165) is 25.7 Å². The molecule has 3 nitrogen and oxygen atoms in total. The summed E-state index contributed by atoms with van der Waals surface area (Å²) in [6, 6.07) is 0.271. The van der Waals surface area contributed by atoms with Gasteiger partial charge in [-0.05, 0) is 25.7 Å². The third-order valence-electron chi connectivity index (χ3n) is 7.92. The Morgan fingerprint density at radius 1 is 0.500 bits per heavy atom. The van der Waals surface area contributed by atoms with E-state index in [1.54, 1.807) is 0 Å². The van der Waals surface area contributed by atoms with Crippen LogP contribution in [-0.2, 0) is 4.74 Å². The molecular formula is C29H59NO2. The van der Waals surface area contributed by atoms with Gasteiger partial charge in [0.05, 0.1) is 7.05 Å². The first-order valence-corrected chi connectivity index (χ1v) is 14.7. The molecule has 0 aliphatic carbocycles. The van der Waals surface area contributed by atoms with Crippen molar-refractivity contribution in [3.8, 4) is 0 Å². The first-order valence-electron chi connectivity index (χ1n) is 14.7. The van der Waals surface area contributed by atoms with Gasteiger partial charge in [-0.2, -0.15) is 0 Å². The number of hydroxylamine groups is 3. The fraction of sp³-hybridized carbons (Fsp3) is 1.00. The van der Waals surface area contributed by atoms with E-state index in [1.165, 1.54) is 103 Å². The summed E-state index contributed by atoms with van der Waals surface area (Å²) in [5, 5.41) is 14.4. The van der Waals surface area contributed by atoms with Gasteiger partial charge in [0.2, 0.25) is 0 Å². The van der Waals surface area contributed by atoms with Crippen molar-refractivity contribution in [2.75, 3.05) is 7.05 Å². The monoisotopic (exact) mass is 453 g/mol. The number of nitrogens with zero attached hydrogens (tertiary/aromatic N) is 1. The molecule has 0 amide bonds. The Kier molecular flexibility index (Phi) is 17.0. The van der Waals surface area contributed by atoms with E-state index in [0.29, 0.717) is 0 Å². The van der Waals surface area contributed by atoms with E-state index in [9.17, 15) is 5.21 Å². The van der Waals surface area contributed by atoms with Crippen LogP contribution in [0.5, 0.6) is 0 Å². The maximum atomic E-state index is 14.4. The Morgan fingerprint density at radius 3 is 1.12 bits per heavy atom. The number of ether oxygens (including phenoxy) is 1. The summed E-state index contributed by atoms with van der Waals surface area (Å²) < 4.78 is 6.87. The molecular weight excluding hydrogens is 394 g/mol. The quantitative estimate of drug-likeness (QED) is 0.104. The molecule has 1 heterocycles. The second-order valence-electron chi connectivity index (χ2n) is 10.8. The summed E-state index contributed by atoms with van der Waals surface area (Å²) in [6.07, 6.45) is 24.7. The summed E-state index contributed by atoms with van der Waals surface area (Å²) in [4.78, 5) is 0. The predicted molar refractivity (Wildman–Crippen MR) is 141 cm³/mol. The highest BCUT2D eigenvalue weighted by Crippen LogP contribution is 2.38. The average molecular weight is 454 g/mol. The molecule has 1 saturated heterocycles. The second-order valence-corrected chi connectivity index (χ2v) is 10.8. The van der Waals surface area contributed by atoms with Crippen LogP contribution in [0.4, 0.5) is 0 Å². The summed E-state index contributed by atoms with van der Waals surface area (Å²) in [5.74, 6) is 0. The topological polar surface area (TPSA) is 32.3 Å². The Morgan fingerprint density at radius 2 is 0.812 bits per heavy atom. The second kappa shape index (κ2) is 18.2. The van der Waals surface area contributed by atoms with E-state index < -0.39 is 0 Å². The first kappa shape index (κ1) is 29.9. The highest BCUT2D eigenvalue weighted by atomic mass is 16.6. The highest BCUT2D eigenvalue weighted by molar-refractivity contribution is 4.86. The van der Waals surface area contributed by atoms with E-state index >= 15 is 0 Å². The number of quaternary nitrogens is 1. The van der Waals surface area contributed by atoms with E-state index in [2.05, 4.69) is 27.7 Å². The van der Waals surface area contributed by atoms with Crippen molar-refractivity contribution < 1.29 is 9.38 Å². The van der Waals surface area contributed by atoms with E-state index in [1.807, 2.05) is 7.05 Å². The maximum absolute atomic E-state index is 14.4.